The monoisotopic (exact) mass is 356 g/mol. The molecule has 0 aliphatic rings. The molecule has 2 atom stereocenters. The molecule has 0 aliphatic heterocycles. The molecule has 0 amide bonds. The Morgan fingerprint density at radius 3 is 2.19 bits per heavy atom. The Morgan fingerprint density at radius 1 is 1.04 bits per heavy atom. The van der Waals surface area contributed by atoms with Crippen LogP contribution in [0.25, 0.3) is 0 Å². The van der Waals surface area contributed by atoms with Crippen molar-refractivity contribution in [2.75, 3.05) is 13.2 Å². The van der Waals surface area contributed by atoms with Crippen molar-refractivity contribution in [2.24, 2.45) is 0 Å². The third kappa shape index (κ3) is 4.71. The fraction of sp³-hybridized carbons (Fsp3) is 0.286. The molecule has 0 saturated carbocycles. The average Bonchev–Trinajstić information content (AvgIpc) is 2.68. The summed E-state index contributed by atoms with van der Waals surface area (Å²) >= 11 is 0. The van der Waals surface area contributed by atoms with Gasteiger partial charge in [-0.1, -0.05) is 55.1 Å². The molecule has 2 aromatic carbocycles. The Hall–Kier alpha value is -2.63. The maximum Gasteiger partial charge on any atom is 0.332 e. The summed E-state index contributed by atoms with van der Waals surface area (Å²) in [7, 11) is 0. The van der Waals surface area contributed by atoms with Crippen LogP contribution in [0.5, 0.6) is 5.75 Å². The van der Waals surface area contributed by atoms with Crippen molar-refractivity contribution in [3.05, 3.63) is 78.9 Å². The Labute approximate surface area is 154 Å². The SMILES string of the molecule is C=CC(=O)OC(OCC)C(OCC)(Oc1ccccc1)c1ccccc1. The zero-order valence-corrected chi connectivity index (χ0v) is 15.1. The number of benzene rings is 2. The molecule has 0 aliphatic carbocycles. The van der Waals surface area contributed by atoms with Crippen LogP contribution in [0, 0.1) is 0 Å². The number of para-hydroxylation sites is 1. The van der Waals surface area contributed by atoms with E-state index in [1.165, 1.54) is 0 Å². The van der Waals surface area contributed by atoms with E-state index in [9.17, 15) is 4.79 Å². The standard InChI is InChI=1S/C21H24O5/c1-4-19(22)25-20(23-5-2)21(24-6-3,17-13-9-7-10-14-17)26-18-15-11-8-12-16-18/h4,7-16,20H,1,5-6H2,2-3H3. The second-order valence-corrected chi connectivity index (χ2v) is 5.31. The molecular formula is C21H24O5. The first-order valence-electron chi connectivity index (χ1n) is 8.54. The molecule has 2 aromatic rings. The van der Waals surface area contributed by atoms with Crippen LogP contribution in [-0.2, 0) is 24.8 Å². The third-order valence-electron chi connectivity index (χ3n) is 3.57. The minimum atomic E-state index is -1.47. The number of ether oxygens (including phenoxy) is 4. The normalized spacial score (nSPS) is 14.1. The van der Waals surface area contributed by atoms with E-state index in [2.05, 4.69) is 6.58 Å². The zero-order valence-electron chi connectivity index (χ0n) is 15.1. The predicted molar refractivity (Wildman–Crippen MR) is 98.5 cm³/mol. The first-order valence-corrected chi connectivity index (χ1v) is 8.54. The molecule has 0 fully saturated rings. The van der Waals surface area contributed by atoms with E-state index in [1.54, 1.807) is 19.1 Å². The molecule has 0 heterocycles. The third-order valence-corrected chi connectivity index (χ3v) is 3.57. The lowest BCUT2D eigenvalue weighted by Crippen LogP contribution is -2.50. The zero-order chi connectivity index (χ0) is 18.8. The maximum absolute atomic E-state index is 11.9. The number of hydrogen-bond donors (Lipinski definition) is 0. The van der Waals surface area contributed by atoms with E-state index < -0.39 is 18.0 Å². The van der Waals surface area contributed by atoms with Crippen LogP contribution < -0.4 is 4.74 Å². The fourth-order valence-corrected chi connectivity index (χ4v) is 2.50. The van der Waals surface area contributed by atoms with Crippen molar-refractivity contribution in [1.82, 2.24) is 0 Å². The van der Waals surface area contributed by atoms with Crippen molar-refractivity contribution in [1.29, 1.82) is 0 Å². The van der Waals surface area contributed by atoms with Crippen LogP contribution in [0.2, 0.25) is 0 Å². The second kappa shape index (κ2) is 9.75. The van der Waals surface area contributed by atoms with E-state index in [1.807, 2.05) is 55.5 Å². The molecule has 0 aromatic heterocycles. The van der Waals surface area contributed by atoms with Gasteiger partial charge in [-0.25, -0.2) is 4.79 Å². The summed E-state index contributed by atoms with van der Waals surface area (Å²) in [6, 6.07) is 18.5. The highest BCUT2D eigenvalue weighted by atomic mass is 16.8. The topological polar surface area (TPSA) is 54.0 Å². The predicted octanol–water partition coefficient (Wildman–Crippen LogP) is 4.05. The molecule has 5 nitrogen and oxygen atoms in total. The summed E-state index contributed by atoms with van der Waals surface area (Å²) in [4.78, 5) is 11.9. The van der Waals surface area contributed by atoms with E-state index in [-0.39, 0.29) is 0 Å². The average molecular weight is 356 g/mol. The Balaban J connectivity index is 2.55. The maximum atomic E-state index is 11.9. The lowest BCUT2D eigenvalue weighted by atomic mass is 10.0. The van der Waals surface area contributed by atoms with Gasteiger partial charge >= 0.3 is 11.8 Å². The molecule has 0 bridgehead atoms. The first-order chi connectivity index (χ1) is 12.7. The molecule has 0 spiro atoms. The van der Waals surface area contributed by atoms with E-state index in [0.29, 0.717) is 24.5 Å². The smallest absolute Gasteiger partial charge is 0.332 e. The molecule has 0 radical (unpaired) electrons. The molecular weight excluding hydrogens is 332 g/mol. The van der Waals surface area contributed by atoms with Crippen molar-refractivity contribution in [2.45, 2.75) is 25.9 Å². The largest absolute Gasteiger partial charge is 0.452 e. The highest BCUT2D eigenvalue weighted by molar-refractivity contribution is 5.81. The number of carbonyl (C=O) groups is 1. The van der Waals surface area contributed by atoms with Crippen LogP contribution in [0.4, 0.5) is 0 Å². The number of rotatable bonds is 10. The highest BCUT2D eigenvalue weighted by Crippen LogP contribution is 2.35. The van der Waals surface area contributed by atoms with E-state index in [0.717, 1.165) is 6.08 Å². The van der Waals surface area contributed by atoms with Gasteiger partial charge in [0.1, 0.15) is 5.75 Å². The summed E-state index contributed by atoms with van der Waals surface area (Å²) in [6.07, 6.45) is -0.0449. The Morgan fingerprint density at radius 2 is 1.65 bits per heavy atom. The lowest BCUT2D eigenvalue weighted by molar-refractivity contribution is -0.320. The summed E-state index contributed by atoms with van der Waals surface area (Å²) < 4.78 is 23.4. The quantitative estimate of drug-likeness (QED) is 0.365. The Kier molecular flexibility index (Phi) is 7.38. The molecule has 0 saturated heterocycles. The number of esters is 1. The lowest BCUT2D eigenvalue weighted by Gasteiger charge is -2.39. The van der Waals surface area contributed by atoms with Crippen molar-refractivity contribution in [3.8, 4) is 5.75 Å². The van der Waals surface area contributed by atoms with Gasteiger partial charge in [-0.15, -0.1) is 0 Å². The molecule has 138 valence electrons. The van der Waals surface area contributed by atoms with Crippen molar-refractivity contribution < 1.29 is 23.7 Å². The highest BCUT2D eigenvalue weighted by Gasteiger charge is 2.48. The molecule has 26 heavy (non-hydrogen) atoms. The van der Waals surface area contributed by atoms with Gasteiger partial charge in [0, 0.05) is 24.9 Å². The van der Waals surface area contributed by atoms with Crippen molar-refractivity contribution >= 4 is 5.97 Å². The van der Waals surface area contributed by atoms with Gasteiger partial charge in [-0.2, -0.15) is 0 Å². The minimum absolute atomic E-state index is 0.300. The van der Waals surface area contributed by atoms with Crippen LogP contribution >= 0.6 is 0 Å². The van der Waals surface area contributed by atoms with Gasteiger partial charge in [0.05, 0.1) is 0 Å². The van der Waals surface area contributed by atoms with Crippen LogP contribution in [-0.4, -0.2) is 25.5 Å². The van der Waals surface area contributed by atoms with Gasteiger partial charge < -0.3 is 18.9 Å². The Bertz CT molecular complexity index is 686. The van der Waals surface area contributed by atoms with Gasteiger partial charge in [-0.05, 0) is 26.0 Å². The molecule has 2 unspecified atom stereocenters. The van der Waals surface area contributed by atoms with E-state index >= 15 is 0 Å². The van der Waals surface area contributed by atoms with Crippen LogP contribution in [0.1, 0.15) is 19.4 Å². The minimum Gasteiger partial charge on any atom is -0.452 e. The van der Waals surface area contributed by atoms with Gasteiger partial charge in [-0.3, -0.25) is 0 Å². The summed E-state index contributed by atoms with van der Waals surface area (Å²) in [5, 5.41) is 0. The summed E-state index contributed by atoms with van der Waals surface area (Å²) in [5.74, 6) is -1.53. The molecule has 0 N–H and O–H groups in total. The summed E-state index contributed by atoms with van der Waals surface area (Å²) in [6.45, 7) is 7.71. The number of carbonyl (C=O) groups excluding carboxylic acids is 1. The van der Waals surface area contributed by atoms with Crippen LogP contribution in [0.15, 0.2) is 73.3 Å². The summed E-state index contributed by atoms with van der Waals surface area (Å²) in [5.41, 5.74) is 0.668. The number of hydrogen-bond acceptors (Lipinski definition) is 5. The molecule has 5 heteroatoms. The van der Waals surface area contributed by atoms with Crippen molar-refractivity contribution in [3.63, 3.8) is 0 Å². The second-order valence-electron chi connectivity index (χ2n) is 5.31. The molecule has 2 rings (SSSR count). The van der Waals surface area contributed by atoms with Crippen LogP contribution in [0.3, 0.4) is 0 Å². The van der Waals surface area contributed by atoms with Gasteiger partial charge in [0.2, 0.25) is 0 Å². The van der Waals surface area contributed by atoms with Gasteiger partial charge in [0.15, 0.2) is 0 Å². The van der Waals surface area contributed by atoms with E-state index in [4.69, 9.17) is 18.9 Å². The first kappa shape index (κ1) is 19.7. The fourth-order valence-electron chi connectivity index (χ4n) is 2.50. The van der Waals surface area contributed by atoms with Gasteiger partial charge in [0.25, 0.3) is 6.29 Å².